The normalized spacial score (nSPS) is 14.1. The maximum absolute atomic E-state index is 12.2. The Morgan fingerprint density at radius 1 is 1.33 bits per heavy atom. The van der Waals surface area contributed by atoms with Crippen LogP contribution in [-0.2, 0) is 0 Å². The highest BCUT2D eigenvalue weighted by Gasteiger charge is 2.22. The van der Waals surface area contributed by atoms with Crippen molar-refractivity contribution in [2.45, 2.75) is 25.8 Å². The molecule has 8 heteroatoms. The predicted molar refractivity (Wildman–Crippen MR) is 79.7 cm³/mol. The number of nitrogens with zero attached hydrogens (tertiary/aromatic N) is 2. The van der Waals surface area contributed by atoms with Crippen LogP contribution in [0.15, 0.2) is 24.4 Å². The van der Waals surface area contributed by atoms with E-state index < -0.39 is 5.91 Å². The summed E-state index contributed by atoms with van der Waals surface area (Å²) in [5.74, 6) is -0.397. The van der Waals surface area contributed by atoms with Gasteiger partial charge in [-0.25, -0.2) is 4.98 Å². The predicted octanol–water partition coefficient (Wildman–Crippen LogP) is 1.40. The molecular formula is C13H15N5O2S. The zero-order valence-electron chi connectivity index (χ0n) is 11.4. The monoisotopic (exact) mass is 305 g/mol. The highest BCUT2D eigenvalue weighted by Crippen LogP contribution is 2.21. The first-order valence-electron chi connectivity index (χ1n) is 6.61. The van der Waals surface area contributed by atoms with Gasteiger partial charge in [0.2, 0.25) is 0 Å². The highest BCUT2D eigenvalue weighted by molar-refractivity contribution is 8.11. The number of hydrazine groups is 1. The van der Waals surface area contributed by atoms with Gasteiger partial charge in [-0.1, -0.05) is 6.07 Å². The van der Waals surface area contributed by atoms with Crippen LogP contribution < -0.4 is 15.6 Å². The van der Waals surface area contributed by atoms with Gasteiger partial charge < -0.3 is 0 Å². The molecule has 1 saturated carbocycles. The standard InChI is InChI=1S/C13H15N5O2S/c1-8-11(18-7-3-2-4-10(18)14-8)12(19)15-16-13(20)21-17-9-5-6-9/h2-4,7,9,17H,5-6H2,1H3,(H,15,19)(H,16,20). The summed E-state index contributed by atoms with van der Waals surface area (Å²) in [4.78, 5) is 28.0. The summed E-state index contributed by atoms with van der Waals surface area (Å²) in [6.45, 7) is 1.76. The molecule has 0 bridgehead atoms. The van der Waals surface area contributed by atoms with Crippen molar-refractivity contribution >= 4 is 28.7 Å². The van der Waals surface area contributed by atoms with Gasteiger partial charge >= 0.3 is 5.24 Å². The van der Waals surface area contributed by atoms with E-state index >= 15 is 0 Å². The fourth-order valence-electron chi connectivity index (χ4n) is 1.92. The Bertz CT molecular complexity index is 695. The van der Waals surface area contributed by atoms with Crippen LogP contribution in [0.1, 0.15) is 29.0 Å². The van der Waals surface area contributed by atoms with Crippen molar-refractivity contribution in [1.82, 2.24) is 25.0 Å². The fraction of sp³-hybridized carbons (Fsp3) is 0.308. The maximum Gasteiger partial charge on any atom is 0.312 e. The van der Waals surface area contributed by atoms with Gasteiger partial charge in [-0.05, 0) is 31.9 Å². The minimum absolute atomic E-state index is 0.346. The SMILES string of the molecule is Cc1nc2ccccn2c1C(=O)NNC(=O)SNC1CC1. The number of amides is 2. The zero-order valence-corrected chi connectivity index (χ0v) is 12.2. The van der Waals surface area contributed by atoms with Crippen molar-refractivity contribution in [3.8, 4) is 0 Å². The average Bonchev–Trinajstić information content (AvgIpc) is 3.23. The van der Waals surface area contributed by atoms with Crippen LogP contribution in [0.25, 0.3) is 5.65 Å². The summed E-state index contributed by atoms with van der Waals surface area (Å²) in [6, 6.07) is 5.90. The summed E-state index contributed by atoms with van der Waals surface area (Å²) in [5.41, 5.74) is 6.48. The number of imidazole rings is 1. The molecule has 0 saturated heterocycles. The molecule has 3 rings (SSSR count). The molecule has 2 amide bonds. The molecule has 0 unspecified atom stereocenters. The number of carbonyl (C=O) groups is 2. The molecule has 21 heavy (non-hydrogen) atoms. The van der Waals surface area contributed by atoms with E-state index in [2.05, 4.69) is 20.6 Å². The molecular weight excluding hydrogens is 290 g/mol. The number of hydrogen-bond donors (Lipinski definition) is 3. The Morgan fingerprint density at radius 2 is 2.14 bits per heavy atom. The Hall–Kier alpha value is -2.06. The topological polar surface area (TPSA) is 87.5 Å². The van der Waals surface area contributed by atoms with Crippen LogP contribution in [0, 0.1) is 6.92 Å². The van der Waals surface area contributed by atoms with E-state index in [-0.39, 0.29) is 5.24 Å². The molecule has 2 aromatic rings. The van der Waals surface area contributed by atoms with Crippen LogP contribution in [0.3, 0.4) is 0 Å². The van der Waals surface area contributed by atoms with Crippen molar-refractivity contribution in [1.29, 1.82) is 0 Å². The number of aromatic nitrogens is 2. The van der Waals surface area contributed by atoms with E-state index in [0.29, 0.717) is 23.1 Å². The molecule has 1 aliphatic rings. The van der Waals surface area contributed by atoms with E-state index in [4.69, 9.17) is 0 Å². The second-order valence-corrected chi connectivity index (χ2v) is 5.65. The van der Waals surface area contributed by atoms with E-state index in [0.717, 1.165) is 24.8 Å². The Kier molecular flexibility index (Phi) is 3.80. The fourth-order valence-corrected chi connectivity index (χ4v) is 2.53. The number of fused-ring (bicyclic) bond motifs is 1. The van der Waals surface area contributed by atoms with Crippen LogP contribution in [0.4, 0.5) is 4.79 Å². The largest absolute Gasteiger partial charge is 0.312 e. The smallest absolute Gasteiger partial charge is 0.295 e. The van der Waals surface area contributed by atoms with E-state index in [1.807, 2.05) is 18.2 Å². The molecule has 1 fully saturated rings. The number of nitrogens with one attached hydrogen (secondary N) is 3. The molecule has 2 aromatic heterocycles. The molecule has 0 radical (unpaired) electrons. The van der Waals surface area contributed by atoms with Gasteiger partial charge in [-0.15, -0.1) is 0 Å². The second-order valence-electron chi connectivity index (χ2n) is 4.84. The number of hydrogen-bond acceptors (Lipinski definition) is 5. The molecule has 7 nitrogen and oxygen atoms in total. The average molecular weight is 305 g/mol. The first-order valence-corrected chi connectivity index (χ1v) is 7.43. The van der Waals surface area contributed by atoms with Crippen molar-refractivity contribution in [3.05, 3.63) is 35.8 Å². The van der Waals surface area contributed by atoms with E-state index in [9.17, 15) is 9.59 Å². The third-order valence-corrected chi connectivity index (χ3v) is 3.83. The Balaban J connectivity index is 1.63. The molecule has 2 heterocycles. The van der Waals surface area contributed by atoms with Gasteiger partial charge in [0.1, 0.15) is 11.3 Å². The minimum atomic E-state index is -0.397. The summed E-state index contributed by atoms with van der Waals surface area (Å²) < 4.78 is 4.68. The van der Waals surface area contributed by atoms with Crippen molar-refractivity contribution in [3.63, 3.8) is 0 Å². The number of aryl methyl sites for hydroxylation is 1. The lowest BCUT2D eigenvalue weighted by atomic mass is 10.3. The van der Waals surface area contributed by atoms with E-state index in [1.54, 1.807) is 17.5 Å². The van der Waals surface area contributed by atoms with Crippen LogP contribution in [0.2, 0.25) is 0 Å². The summed E-state index contributed by atoms with van der Waals surface area (Å²) in [7, 11) is 0. The maximum atomic E-state index is 12.2. The van der Waals surface area contributed by atoms with Gasteiger partial charge in [0.15, 0.2) is 0 Å². The summed E-state index contributed by atoms with van der Waals surface area (Å²) in [5, 5.41) is -0.346. The number of carbonyl (C=O) groups excluding carboxylic acids is 2. The van der Waals surface area contributed by atoms with Gasteiger partial charge in [0.05, 0.1) is 5.69 Å². The zero-order chi connectivity index (χ0) is 14.8. The lowest BCUT2D eigenvalue weighted by molar-refractivity contribution is 0.0932. The van der Waals surface area contributed by atoms with Crippen molar-refractivity contribution in [2.24, 2.45) is 0 Å². The second kappa shape index (κ2) is 5.74. The minimum Gasteiger partial charge on any atom is -0.295 e. The van der Waals surface area contributed by atoms with Crippen molar-refractivity contribution in [2.75, 3.05) is 0 Å². The third-order valence-electron chi connectivity index (χ3n) is 3.09. The molecule has 1 aliphatic carbocycles. The number of pyridine rings is 1. The van der Waals surface area contributed by atoms with Gasteiger partial charge in [0.25, 0.3) is 5.91 Å². The van der Waals surface area contributed by atoms with Crippen LogP contribution >= 0.6 is 11.9 Å². The molecule has 0 aromatic carbocycles. The lowest BCUT2D eigenvalue weighted by Gasteiger charge is -2.07. The molecule has 0 spiro atoms. The van der Waals surface area contributed by atoms with Crippen LogP contribution in [-0.4, -0.2) is 26.6 Å². The Morgan fingerprint density at radius 3 is 2.90 bits per heavy atom. The molecule has 110 valence electrons. The van der Waals surface area contributed by atoms with Crippen LogP contribution in [0.5, 0.6) is 0 Å². The van der Waals surface area contributed by atoms with Crippen molar-refractivity contribution < 1.29 is 9.59 Å². The summed E-state index contributed by atoms with van der Waals surface area (Å²) >= 11 is 0.957. The molecule has 0 aliphatic heterocycles. The Labute approximate surface area is 125 Å². The lowest BCUT2D eigenvalue weighted by Crippen LogP contribution is -2.41. The number of rotatable bonds is 3. The first kappa shape index (κ1) is 13.9. The molecule has 3 N–H and O–H groups in total. The van der Waals surface area contributed by atoms with Gasteiger partial charge in [0, 0.05) is 24.2 Å². The van der Waals surface area contributed by atoms with Gasteiger partial charge in [-0.3, -0.25) is 29.6 Å². The highest BCUT2D eigenvalue weighted by atomic mass is 32.2. The van der Waals surface area contributed by atoms with E-state index in [1.165, 1.54) is 0 Å². The third kappa shape index (κ3) is 3.17. The van der Waals surface area contributed by atoms with Gasteiger partial charge in [-0.2, -0.15) is 0 Å². The first-order chi connectivity index (χ1) is 10.1. The molecule has 0 atom stereocenters. The quantitative estimate of drug-likeness (QED) is 0.589. The summed E-state index contributed by atoms with van der Waals surface area (Å²) in [6.07, 6.45) is 3.94.